The summed E-state index contributed by atoms with van der Waals surface area (Å²) in [6.45, 7) is 12.6. The van der Waals surface area contributed by atoms with E-state index in [1.807, 2.05) is 63.4 Å². The molecule has 4 heteroatoms. The zero-order valence-corrected chi connectivity index (χ0v) is 20.0. The minimum atomic E-state index is -0.404. The number of aromatic nitrogens is 1. The van der Waals surface area contributed by atoms with Crippen LogP contribution in [0.25, 0.3) is 17.2 Å². The van der Waals surface area contributed by atoms with Gasteiger partial charge in [0.1, 0.15) is 6.10 Å². The first-order chi connectivity index (χ1) is 15.3. The van der Waals surface area contributed by atoms with Crippen LogP contribution in [0.1, 0.15) is 59.2 Å². The number of esters is 1. The molecule has 4 rings (SSSR count). The van der Waals surface area contributed by atoms with Crippen LogP contribution >= 0.6 is 0 Å². The third-order valence-corrected chi connectivity index (χ3v) is 7.30. The first kappa shape index (κ1) is 23.7. The fourth-order valence-electron chi connectivity index (χ4n) is 5.55. The van der Waals surface area contributed by atoms with Gasteiger partial charge < -0.3 is 4.74 Å². The van der Waals surface area contributed by atoms with Gasteiger partial charge in [0.25, 0.3) is 0 Å². The molecule has 0 N–H and O–H groups in total. The Labute approximate surface area is 192 Å². The van der Waals surface area contributed by atoms with E-state index in [4.69, 9.17) is 4.74 Å². The number of nitriles is 1. The van der Waals surface area contributed by atoms with E-state index in [1.54, 1.807) is 0 Å². The first-order valence-electron chi connectivity index (χ1n) is 11.7. The normalized spacial score (nSPS) is 31.3. The number of fused-ring (bicyclic) bond motifs is 1. The summed E-state index contributed by atoms with van der Waals surface area (Å²) in [4.78, 5) is 17.2. The number of hydrogen-bond acceptors (Lipinski definition) is 4. The van der Waals surface area contributed by atoms with E-state index >= 15 is 0 Å². The topological polar surface area (TPSA) is 63.0 Å². The second-order valence-electron chi connectivity index (χ2n) is 9.16. The molecule has 1 aromatic carbocycles. The van der Waals surface area contributed by atoms with Crippen LogP contribution in [0, 0.1) is 40.4 Å². The van der Waals surface area contributed by atoms with Crippen LogP contribution in [0.2, 0.25) is 0 Å². The number of allylic oxidation sites excluding steroid dienone is 1. The molecule has 0 amide bonds. The highest BCUT2D eigenvalue weighted by Gasteiger charge is 2.59. The molecule has 2 heterocycles. The highest BCUT2D eigenvalue weighted by atomic mass is 16.6. The molecule has 6 atom stereocenters. The van der Waals surface area contributed by atoms with Crippen molar-refractivity contribution < 1.29 is 9.53 Å². The van der Waals surface area contributed by atoms with Crippen LogP contribution in [0.15, 0.2) is 48.7 Å². The molecule has 2 aromatic rings. The number of ether oxygens (including phenoxy) is 1. The average molecular weight is 431 g/mol. The van der Waals surface area contributed by atoms with E-state index in [1.165, 1.54) is 0 Å². The Hall–Kier alpha value is -2.93. The van der Waals surface area contributed by atoms with Gasteiger partial charge in [0.2, 0.25) is 0 Å². The summed E-state index contributed by atoms with van der Waals surface area (Å²) in [5.41, 5.74) is 2.94. The summed E-state index contributed by atoms with van der Waals surface area (Å²) in [6, 6.07) is 13.8. The summed E-state index contributed by atoms with van der Waals surface area (Å²) >= 11 is 0. The van der Waals surface area contributed by atoms with Gasteiger partial charge in [-0.25, -0.2) is 0 Å². The number of rotatable bonds is 3. The van der Waals surface area contributed by atoms with E-state index in [9.17, 15) is 10.1 Å². The first-order valence-corrected chi connectivity index (χ1v) is 11.7. The highest BCUT2D eigenvalue weighted by Crippen LogP contribution is 2.56. The molecule has 0 radical (unpaired) electrons. The standard InChI is InChI=1S/C26H28N2O2.C2H6/c1-16-13-26(4)24(18(3)30-25(26)29)22(17(16)2)12-11-21-10-9-20(15-28-21)23-8-6-5-7-19(23)14-27;1-2/h5-12,15-18,22,24H,13H2,1-4H3;1-2H3/b12-11+;. The maximum Gasteiger partial charge on any atom is 0.312 e. The molecule has 4 nitrogen and oxygen atoms in total. The summed E-state index contributed by atoms with van der Waals surface area (Å²) in [7, 11) is 0. The number of cyclic esters (lactones) is 1. The van der Waals surface area contributed by atoms with Crippen molar-refractivity contribution in [2.24, 2.45) is 29.1 Å². The Morgan fingerprint density at radius 3 is 2.53 bits per heavy atom. The summed E-state index contributed by atoms with van der Waals surface area (Å²) in [5.74, 6) is 1.33. The Balaban J connectivity index is 0.00000141. The number of nitrogens with zero attached hydrogens (tertiary/aromatic N) is 2. The fourth-order valence-corrected chi connectivity index (χ4v) is 5.55. The van der Waals surface area contributed by atoms with Gasteiger partial charge in [-0.3, -0.25) is 9.78 Å². The van der Waals surface area contributed by atoms with Crippen LogP contribution in [0.3, 0.4) is 0 Å². The van der Waals surface area contributed by atoms with Gasteiger partial charge >= 0.3 is 5.97 Å². The Kier molecular flexibility index (Phi) is 7.19. The molecule has 0 bridgehead atoms. The van der Waals surface area contributed by atoms with Crippen molar-refractivity contribution in [3.05, 3.63) is 59.9 Å². The molecule has 1 aliphatic heterocycles. The quantitative estimate of drug-likeness (QED) is 0.520. The molecule has 2 aliphatic rings. The number of benzene rings is 1. The van der Waals surface area contributed by atoms with Crippen molar-refractivity contribution in [3.8, 4) is 17.2 Å². The van der Waals surface area contributed by atoms with Crippen molar-refractivity contribution in [1.29, 1.82) is 5.26 Å². The Morgan fingerprint density at radius 1 is 1.16 bits per heavy atom. The van der Waals surface area contributed by atoms with Crippen molar-refractivity contribution in [3.63, 3.8) is 0 Å². The van der Waals surface area contributed by atoms with E-state index in [-0.39, 0.29) is 23.9 Å². The molecule has 1 aromatic heterocycles. The lowest BCUT2D eigenvalue weighted by Crippen LogP contribution is -2.46. The maximum absolute atomic E-state index is 12.6. The van der Waals surface area contributed by atoms with Crippen molar-refractivity contribution in [1.82, 2.24) is 4.98 Å². The number of pyridine rings is 1. The van der Waals surface area contributed by atoms with Crippen LogP contribution in [-0.4, -0.2) is 17.1 Å². The molecule has 32 heavy (non-hydrogen) atoms. The smallest absolute Gasteiger partial charge is 0.312 e. The molecule has 6 unspecified atom stereocenters. The molecule has 0 spiro atoms. The zero-order valence-electron chi connectivity index (χ0n) is 20.0. The third kappa shape index (κ3) is 4.21. The van der Waals surface area contributed by atoms with Crippen molar-refractivity contribution in [2.75, 3.05) is 0 Å². The Bertz CT molecular complexity index is 1020. The third-order valence-electron chi connectivity index (χ3n) is 7.30. The van der Waals surface area contributed by atoms with Gasteiger partial charge in [-0.05, 0) is 56.2 Å². The second-order valence-corrected chi connectivity index (χ2v) is 9.16. The summed E-state index contributed by atoms with van der Waals surface area (Å²) < 4.78 is 5.66. The number of hydrogen-bond donors (Lipinski definition) is 0. The van der Waals surface area contributed by atoms with E-state index in [0.29, 0.717) is 17.4 Å². The highest BCUT2D eigenvalue weighted by molar-refractivity contribution is 5.79. The van der Waals surface area contributed by atoms with E-state index in [0.717, 1.165) is 23.2 Å². The lowest BCUT2D eigenvalue weighted by molar-refractivity contribution is -0.149. The van der Waals surface area contributed by atoms with Gasteiger partial charge in [0, 0.05) is 23.2 Å². The molecule has 1 saturated carbocycles. The lowest BCUT2D eigenvalue weighted by Gasteiger charge is -2.45. The minimum Gasteiger partial charge on any atom is -0.462 e. The molecule has 1 aliphatic carbocycles. The molecule has 1 saturated heterocycles. The van der Waals surface area contributed by atoms with E-state index < -0.39 is 5.41 Å². The average Bonchev–Trinajstić information content (AvgIpc) is 3.03. The molecule has 168 valence electrons. The monoisotopic (exact) mass is 430 g/mol. The molecular weight excluding hydrogens is 396 g/mol. The summed E-state index contributed by atoms with van der Waals surface area (Å²) in [5, 5.41) is 9.33. The van der Waals surface area contributed by atoms with Gasteiger partial charge in [-0.1, -0.05) is 58.0 Å². The van der Waals surface area contributed by atoms with Crippen LogP contribution < -0.4 is 0 Å². The van der Waals surface area contributed by atoms with Gasteiger partial charge in [0.15, 0.2) is 0 Å². The van der Waals surface area contributed by atoms with Gasteiger partial charge in [-0.2, -0.15) is 5.26 Å². The zero-order chi connectivity index (χ0) is 23.5. The van der Waals surface area contributed by atoms with Crippen LogP contribution in [0.4, 0.5) is 0 Å². The molecular formula is C28H34N2O2. The number of carbonyl (C=O) groups is 1. The second kappa shape index (κ2) is 9.69. The Morgan fingerprint density at radius 2 is 1.88 bits per heavy atom. The lowest BCUT2D eigenvalue weighted by atomic mass is 9.55. The van der Waals surface area contributed by atoms with E-state index in [2.05, 4.69) is 44.0 Å². The van der Waals surface area contributed by atoms with Gasteiger partial charge in [0.05, 0.1) is 22.7 Å². The SMILES string of the molecule is CC.CC1CC2(C)C(=O)OC(C)C2C(/C=C/c2ccc(-c3ccccc3C#N)cn2)C1C. The number of carbonyl (C=O) groups excluding carboxylic acids is 1. The predicted octanol–water partition coefficient (Wildman–Crippen LogP) is 6.52. The van der Waals surface area contributed by atoms with Gasteiger partial charge in [-0.15, -0.1) is 0 Å². The maximum atomic E-state index is 12.6. The van der Waals surface area contributed by atoms with Crippen LogP contribution in [-0.2, 0) is 9.53 Å². The largest absolute Gasteiger partial charge is 0.462 e. The fraction of sp³-hybridized carbons (Fsp3) is 0.464. The molecule has 2 fully saturated rings. The summed E-state index contributed by atoms with van der Waals surface area (Å²) in [6.07, 6.45) is 6.93. The minimum absolute atomic E-state index is 0.0456. The predicted molar refractivity (Wildman–Crippen MR) is 128 cm³/mol. The van der Waals surface area contributed by atoms with Crippen molar-refractivity contribution >= 4 is 12.0 Å². The van der Waals surface area contributed by atoms with Crippen molar-refractivity contribution in [2.45, 2.75) is 54.1 Å². The van der Waals surface area contributed by atoms with Crippen LogP contribution in [0.5, 0.6) is 0 Å².